The predicted octanol–water partition coefficient (Wildman–Crippen LogP) is 5.64. The lowest BCUT2D eigenvalue weighted by Gasteiger charge is -2.52. The minimum absolute atomic E-state index is 0.100. The van der Waals surface area contributed by atoms with Crippen LogP contribution in [0.3, 0.4) is 0 Å². The van der Waals surface area contributed by atoms with Crippen molar-refractivity contribution in [2.24, 2.45) is 5.92 Å². The van der Waals surface area contributed by atoms with Gasteiger partial charge in [0.15, 0.2) is 20.4 Å². The zero-order valence-electron chi connectivity index (χ0n) is 26.4. The van der Waals surface area contributed by atoms with Gasteiger partial charge in [-0.1, -0.05) is 81.4 Å². The summed E-state index contributed by atoms with van der Waals surface area (Å²) in [7, 11) is -2.46. The van der Waals surface area contributed by atoms with Crippen LogP contribution in [0.15, 0.2) is 48.5 Å². The third-order valence-corrected chi connectivity index (χ3v) is 14.8. The van der Waals surface area contributed by atoms with Gasteiger partial charge in [-0.2, -0.15) is 0 Å². The average Bonchev–Trinajstić information content (AvgIpc) is 3.36. The van der Waals surface area contributed by atoms with Crippen LogP contribution in [0.5, 0.6) is 0 Å². The fourth-order valence-corrected chi connectivity index (χ4v) is 8.98. The molecule has 2 aromatic carbocycles. The van der Waals surface area contributed by atoms with Crippen molar-refractivity contribution in [3.05, 3.63) is 59.7 Å². The molecule has 2 saturated heterocycles. The van der Waals surface area contributed by atoms with Gasteiger partial charge in [0.1, 0.15) is 30.0 Å². The lowest BCUT2D eigenvalue weighted by Crippen LogP contribution is -2.64. The van der Waals surface area contributed by atoms with Crippen LogP contribution in [0.2, 0.25) is 18.1 Å². The van der Waals surface area contributed by atoms with Crippen LogP contribution in [0.25, 0.3) is 22.5 Å². The molecule has 3 heterocycles. The van der Waals surface area contributed by atoms with Crippen LogP contribution in [-0.4, -0.2) is 70.5 Å². The summed E-state index contributed by atoms with van der Waals surface area (Å²) in [6, 6.07) is 15.0. The summed E-state index contributed by atoms with van der Waals surface area (Å²) in [4.78, 5) is 0. The molecule has 1 unspecified atom stereocenters. The van der Waals surface area contributed by atoms with E-state index in [0.717, 1.165) is 22.3 Å². The molecule has 0 bridgehead atoms. The SMILES string of the molecule is CC(C)C(C)(C)[Si](C)(C)O[C@@H]1O[C@@H]2COC(C)(C)O[C@H]2[C@H](O)[C@H]1n1nnc2c1-c1ccccc1C(O)Cc1ccccc1-2. The minimum atomic E-state index is -2.46. The quantitative estimate of drug-likeness (QED) is 0.359. The van der Waals surface area contributed by atoms with E-state index in [1.54, 1.807) is 4.68 Å². The third-order valence-electron chi connectivity index (χ3n) is 10.3. The number of rotatable bonds is 5. The molecule has 10 heteroatoms. The summed E-state index contributed by atoms with van der Waals surface area (Å²) in [5, 5.41) is 33.0. The highest BCUT2D eigenvalue weighted by molar-refractivity contribution is 6.74. The lowest BCUT2D eigenvalue weighted by molar-refractivity contribution is -0.367. The molecule has 0 radical (unpaired) electrons. The van der Waals surface area contributed by atoms with E-state index in [-0.39, 0.29) is 11.6 Å². The van der Waals surface area contributed by atoms with Crippen LogP contribution in [0.1, 0.15) is 64.8 Å². The van der Waals surface area contributed by atoms with Crippen molar-refractivity contribution in [2.45, 2.75) is 109 Å². The van der Waals surface area contributed by atoms with E-state index < -0.39 is 50.9 Å². The number of ether oxygens (including phenoxy) is 3. The van der Waals surface area contributed by atoms with Crippen molar-refractivity contribution in [1.82, 2.24) is 15.0 Å². The second kappa shape index (κ2) is 10.9. The lowest BCUT2D eigenvalue weighted by atomic mass is 9.87. The molecule has 0 saturated carbocycles. The first kappa shape index (κ1) is 30.6. The van der Waals surface area contributed by atoms with Crippen LogP contribution in [-0.2, 0) is 25.1 Å². The van der Waals surface area contributed by atoms with Crippen molar-refractivity contribution >= 4 is 8.32 Å². The van der Waals surface area contributed by atoms with E-state index >= 15 is 0 Å². The molecule has 1 aliphatic carbocycles. The fourth-order valence-electron chi connectivity index (χ4n) is 6.51. The summed E-state index contributed by atoms with van der Waals surface area (Å²) in [6.07, 6.45) is -3.34. The number of hydrogen-bond donors (Lipinski definition) is 2. The van der Waals surface area contributed by atoms with E-state index in [1.807, 2.05) is 62.4 Å². The Morgan fingerprint density at radius 2 is 1.72 bits per heavy atom. The Morgan fingerprint density at radius 1 is 1.05 bits per heavy atom. The van der Waals surface area contributed by atoms with Gasteiger partial charge in [-0.05, 0) is 49.0 Å². The molecule has 2 aliphatic heterocycles. The first-order valence-corrected chi connectivity index (χ1v) is 18.3. The molecular weight excluding hydrogens is 562 g/mol. The number of benzene rings is 2. The normalized spacial score (nSPS) is 28.7. The Labute approximate surface area is 255 Å². The topological polar surface area (TPSA) is 108 Å². The summed E-state index contributed by atoms with van der Waals surface area (Å²) < 4.78 is 27.7. The molecular formula is C33H45N3O6Si. The highest BCUT2D eigenvalue weighted by atomic mass is 28.4. The molecule has 1 aromatic heterocycles. The fraction of sp³-hybridized carbons (Fsp3) is 0.576. The van der Waals surface area contributed by atoms with Gasteiger partial charge in [0.25, 0.3) is 0 Å². The number of aliphatic hydroxyl groups excluding tert-OH is 2. The summed E-state index contributed by atoms with van der Waals surface area (Å²) >= 11 is 0. The zero-order valence-corrected chi connectivity index (χ0v) is 27.4. The first-order chi connectivity index (χ1) is 20.2. The predicted molar refractivity (Wildman–Crippen MR) is 166 cm³/mol. The van der Waals surface area contributed by atoms with E-state index in [1.165, 1.54) is 0 Å². The highest BCUT2D eigenvalue weighted by Gasteiger charge is 2.56. The van der Waals surface area contributed by atoms with Crippen molar-refractivity contribution < 1.29 is 28.8 Å². The zero-order chi connectivity index (χ0) is 30.9. The van der Waals surface area contributed by atoms with Crippen LogP contribution < -0.4 is 0 Å². The summed E-state index contributed by atoms with van der Waals surface area (Å²) in [5.74, 6) is -0.517. The molecule has 6 atom stereocenters. The minimum Gasteiger partial charge on any atom is -0.391 e. The Bertz CT molecular complexity index is 1490. The number of aliphatic hydroxyl groups is 2. The third kappa shape index (κ3) is 5.20. The molecule has 0 spiro atoms. The Morgan fingerprint density at radius 3 is 2.44 bits per heavy atom. The van der Waals surface area contributed by atoms with Crippen molar-refractivity contribution in [2.75, 3.05) is 6.61 Å². The second-order valence-corrected chi connectivity index (χ2v) is 18.6. The molecule has 43 heavy (non-hydrogen) atoms. The monoisotopic (exact) mass is 607 g/mol. The molecule has 0 amide bonds. The first-order valence-electron chi connectivity index (χ1n) is 15.4. The molecule has 3 aromatic rings. The van der Waals surface area contributed by atoms with E-state index in [0.29, 0.717) is 23.7 Å². The van der Waals surface area contributed by atoms with Crippen LogP contribution in [0, 0.1) is 5.92 Å². The maximum atomic E-state index is 12.2. The van der Waals surface area contributed by atoms with Crippen LogP contribution >= 0.6 is 0 Å². The van der Waals surface area contributed by atoms with Gasteiger partial charge >= 0.3 is 0 Å². The molecule has 232 valence electrons. The van der Waals surface area contributed by atoms with Gasteiger partial charge in [-0.15, -0.1) is 5.10 Å². The standard InChI is InChI=1S/C33H45N3O6Si/c1-19(2)32(3,4)43(7,8)42-31-28(29(38)30-25(40-31)18-39-33(5,6)41-30)36-27-23-16-12-11-15-22(23)24(37)17-20-13-9-10-14-21(20)26(27)34-35-36/h9-16,19,24-25,28-31,37-38H,17-18H2,1-8H3/t24?,25-,28-,29-,30-,31+/m1/s1. The molecule has 2 fully saturated rings. The average molecular weight is 608 g/mol. The van der Waals surface area contributed by atoms with Gasteiger partial charge < -0.3 is 28.8 Å². The number of nitrogens with zero attached hydrogens (tertiary/aromatic N) is 3. The molecule has 9 nitrogen and oxygen atoms in total. The molecule has 3 aliphatic rings. The maximum Gasteiger partial charge on any atom is 0.196 e. The van der Waals surface area contributed by atoms with Crippen LogP contribution in [0.4, 0.5) is 0 Å². The second-order valence-electron chi connectivity index (χ2n) is 14.0. The summed E-state index contributed by atoms with van der Waals surface area (Å²) in [5.41, 5.74) is 4.86. The highest BCUT2D eigenvalue weighted by Crippen LogP contribution is 2.49. The van der Waals surface area contributed by atoms with E-state index in [9.17, 15) is 10.2 Å². The van der Waals surface area contributed by atoms with E-state index in [4.69, 9.17) is 28.9 Å². The Kier molecular flexibility index (Phi) is 7.73. The van der Waals surface area contributed by atoms with Gasteiger partial charge in [0.05, 0.1) is 18.4 Å². The molecule has 6 rings (SSSR count). The molecule has 2 N–H and O–H groups in total. The van der Waals surface area contributed by atoms with Gasteiger partial charge in [0.2, 0.25) is 0 Å². The summed E-state index contributed by atoms with van der Waals surface area (Å²) in [6.45, 7) is 17.3. The van der Waals surface area contributed by atoms with E-state index in [2.05, 4.69) is 40.8 Å². The Balaban J connectivity index is 1.54. The van der Waals surface area contributed by atoms with Crippen molar-refractivity contribution in [3.63, 3.8) is 0 Å². The number of aromatic nitrogens is 3. The number of hydrogen-bond acceptors (Lipinski definition) is 8. The Hall–Kier alpha value is -2.44. The van der Waals surface area contributed by atoms with Gasteiger partial charge in [0, 0.05) is 17.5 Å². The smallest absolute Gasteiger partial charge is 0.196 e. The van der Waals surface area contributed by atoms with Gasteiger partial charge in [-0.3, -0.25) is 0 Å². The van der Waals surface area contributed by atoms with Gasteiger partial charge in [-0.25, -0.2) is 4.68 Å². The van der Waals surface area contributed by atoms with Crippen molar-refractivity contribution in [3.8, 4) is 22.5 Å². The largest absolute Gasteiger partial charge is 0.391 e. The number of fused-ring (bicyclic) bond motifs is 6. The van der Waals surface area contributed by atoms with Crippen molar-refractivity contribution in [1.29, 1.82) is 0 Å². The maximum absolute atomic E-state index is 12.2.